The molecule has 0 saturated carbocycles. The van der Waals surface area contributed by atoms with E-state index in [2.05, 4.69) is 49.3 Å². The Morgan fingerprint density at radius 1 is 1.10 bits per heavy atom. The van der Waals surface area contributed by atoms with Gasteiger partial charge in [0, 0.05) is 11.7 Å². The summed E-state index contributed by atoms with van der Waals surface area (Å²) >= 11 is 0. The van der Waals surface area contributed by atoms with Gasteiger partial charge in [-0.1, -0.05) is 29.3 Å². The molecule has 2 N–H and O–H groups in total. The van der Waals surface area contributed by atoms with Crippen molar-refractivity contribution in [2.45, 2.75) is 26.8 Å². The van der Waals surface area contributed by atoms with E-state index in [4.69, 9.17) is 4.42 Å². The van der Waals surface area contributed by atoms with Crippen molar-refractivity contribution in [1.82, 2.24) is 4.98 Å². The van der Waals surface area contributed by atoms with Crippen molar-refractivity contribution in [2.75, 3.05) is 5.32 Å². The first-order chi connectivity index (χ1) is 10.0. The van der Waals surface area contributed by atoms with Gasteiger partial charge < -0.3 is 9.73 Å². The lowest BCUT2D eigenvalue weighted by Crippen LogP contribution is -2.07. The Hall–Kier alpha value is -2.49. The highest BCUT2D eigenvalue weighted by molar-refractivity contribution is 5.76. The number of nitrogens with one attached hydrogen (secondary N) is 2. The van der Waals surface area contributed by atoms with Crippen molar-refractivity contribution in [3.63, 3.8) is 0 Å². The second kappa shape index (κ2) is 5.13. The van der Waals surface area contributed by atoms with Gasteiger partial charge in [-0.05, 0) is 44.5 Å². The van der Waals surface area contributed by atoms with Gasteiger partial charge in [0.15, 0.2) is 5.58 Å². The van der Waals surface area contributed by atoms with Gasteiger partial charge in [0.2, 0.25) is 0 Å². The molecule has 0 aliphatic rings. The zero-order valence-corrected chi connectivity index (χ0v) is 12.4. The molecule has 3 aromatic rings. The Labute approximate surface area is 122 Å². The minimum absolute atomic E-state index is 0.180. The van der Waals surface area contributed by atoms with Crippen LogP contribution in [-0.2, 0) is 0 Å². The molecule has 1 atom stereocenters. The van der Waals surface area contributed by atoms with Crippen LogP contribution in [0.4, 0.5) is 5.69 Å². The number of hydrogen-bond donors (Lipinski definition) is 2. The fourth-order valence-electron chi connectivity index (χ4n) is 2.64. The SMILES string of the molecule is Cc1cc(C)cc(C(C)Nc2ccc3oc(=O)[nH]c3c2)c1. The lowest BCUT2D eigenvalue weighted by Gasteiger charge is -2.17. The van der Waals surface area contributed by atoms with Crippen LogP contribution in [0.15, 0.2) is 45.6 Å². The van der Waals surface area contributed by atoms with Crippen LogP contribution in [0, 0.1) is 13.8 Å². The molecule has 4 heteroatoms. The minimum atomic E-state index is -0.426. The van der Waals surface area contributed by atoms with Crippen molar-refractivity contribution in [3.8, 4) is 0 Å². The Morgan fingerprint density at radius 3 is 2.52 bits per heavy atom. The van der Waals surface area contributed by atoms with Crippen LogP contribution >= 0.6 is 0 Å². The number of oxazole rings is 1. The monoisotopic (exact) mass is 282 g/mol. The Kier molecular flexibility index (Phi) is 3.29. The third-order valence-corrected chi connectivity index (χ3v) is 3.55. The average Bonchev–Trinajstić information content (AvgIpc) is 2.77. The molecule has 1 aromatic heterocycles. The van der Waals surface area contributed by atoms with E-state index in [1.807, 2.05) is 12.1 Å². The number of aryl methyl sites for hydroxylation is 2. The highest BCUT2D eigenvalue weighted by atomic mass is 16.4. The number of H-pyrrole nitrogens is 1. The van der Waals surface area contributed by atoms with E-state index in [0.29, 0.717) is 11.1 Å². The third kappa shape index (κ3) is 2.84. The predicted octanol–water partition coefficient (Wildman–Crippen LogP) is 3.91. The summed E-state index contributed by atoms with van der Waals surface area (Å²) in [7, 11) is 0. The molecule has 1 unspecified atom stereocenters. The van der Waals surface area contributed by atoms with Crippen molar-refractivity contribution < 1.29 is 4.42 Å². The van der Waals surface area contributed by atoms with Crippen LogP contribution in [0.25, 0.3) is 11.1 Å². The van der Waals surface area contributed by atoms with Crippen molar-refractivity contribution in [3.05, 3.63) is 63.6 Å². The standard InChI is InChI=1S/C17H18N2O2/c1-10-6-11(2)8-13(7-10)12(3)18-14-4-5-16-15(9-14)19-17(20)21-16/h4-9,12,18H,1-3H3,(H,19,20). The van der Waals surface area contributed by atoms with Crippen molar-refractivity contribution in [2.24, 2.45) is 0 Å². The fraction of sp³-hybridized carbons (Fsp3) is 0.235. The van der Waals surface area contributed by atoms with E-state index in [1.165, 1.54) is 16.7 Å². The highest BCUT2D eigenvalue weighted by Gasteiger charge is 2.08. The van der Waals surface area contributed by atoms with E-state index in [0.717, 1.165) is 5.69 Å². The fourth-order valence-corrected chi connectivity index (χ4v) is 2.64. The maximum Gasteiger partial charge on any atom is 0.417 e. The Balaban J connectivity index is 1.88. The van der Waals surface area contributed by atoms with Crippen LogP contribution < -0.4 is 11.1 Å². The topological polar surface area (TPSA) is 58.0 Å². The molecule has 4 nitrogen and oxygen atoms in total. The zero-order chi connectivity index (χ0) is 15.0. The molecular formula is C17H18N2O2. The van der Waals surface area contributed by atoms with Gasteiger partial charge in [0.05, 0.1) is 5.52 Å². The number of aromatic amines is 1. The molecule has 0 aliphatic heterocycles. The molecule has 0 saturated heterocycles. The molecule has 2 aromatic carbocycles. The molecule has 1 heterocycles. The van der Waals surface area contributed by atoms with Gasteiger partial charge in [-0.3, -0.25) is 4.98 Å². The van der Waals surface area contributed by atoms with Gasteiger partial charge >= 0.3 is 5.76 Å². The largest absolute Gasteiger partial charge is 0.417 e. The molecule has 108 valence electrons. The first kappa shape index (κ1) is 13.5. The van der Waals surface area contributed by atoms with E-state index >= 15 is 0 Å². The third-order valence-electron chi connectivity index (χ3n) is 3.55. The second-order valence-electron chi connectivity index (χ2n) is 5.51. The lowest BCUT2D eigenvalue weighted by molar-refractivity contribution is 0.555. The summed E-state index contributed by atoms with van der Waals surface area (Å²) in [5.41, 5.74) is 5.99. The molecule has 0 bridgehead atoms. The van der Waals surface area contributed by atoms with E-state index < -0.39 is 5.76 Å². The number of benzene rings is 2. The van der Waals surface area contributed by atoms with E-state index in [-0.39, 0.29) is 6.04 Å². The molecule has 0 radical (unpaired) electrons. The Morgan fingerprint density at radius 2 is 1.81 bits per heavy atom. The smallest absolute Gasteiger partial charge is 0.408 e. The number of aromatic nitrogens is 1. The molecule has 3 rings (SSSR count). The van der Waals surface area contributed by atoms with Crippen LogP contribution in [0.5, 0.6) is 0 Å². The average molecular weight is 282 g/mol. The molecule has 0 amide bonds. The number of hydrogen-bond acceptors (Lipinski definition) is 3. The van der Waals surface area contributed by atoms with Gasteiger partial charge in [-0.25, -0.2) is 4.79 Å². The van der Waals surface area contributed by atoms with Gasteiger partial charge in [-0.2, -0.15) is 0 Å². The summed E-state index contributed by atoms with van der Waals surface area (Å²) in [6.07, 6.45) is 0. The molecule has 0 aliphatic carbocycles. The minimum Gasteiger partial charge on any atom is -0.408 e. The highest BCUT2D eigenvalue weighted by Crippen LogP contribution is 2.23. The number of fused-ring (bicyclic) bond motifs is 1. The maximum atomic E-state index is 11.2. The van der Waals surface area contributed by atoms with Gasteiger partial charge in [0.1, 0.15) is 0 Å². The van der Waals surface area contributed by atoms with Gasteiger partial charge in [0.25, 0.3) is 0 Å². The summed E-state index contributed by atoms with van der Waals surface area (Å²) in [4.78, 5) is 13.8. The first-order valence-corrected chi connectivity index (χ1v) is 6.99. The lowest BCUT2D eigenvalue weighted by atomic mass is 10.0. The Bertz CT molecular complexity index is 825. The summed E-state index contributed by atoms with van der Waals surface area (Å²) in [5.74, 6) is -0.426. The normalized spacial score (nSPS) is 12.5. The first-order valence-electron chi connectivity index (χ1n) is 6.99. The second-order valence-corrected chi connectivity index (χ2v) is 5.51. The quantitative estimate of drug-likeness (QED) is 0.765. The summed E-state index contributed by atoms with van der Waals surface area (Å²) < 4.78 is 5.01. The van der Waals surface area contributed by atoms with E-state index in [9.17, 15) is 4.79 Å². The maximum absolute atomic E-state index is 11.2. The van der Waals surface area contributed by atoms with Crippen molar-refractivity contribution >= 4 is 16.8 Å². The number of anilines is 1. The summed E-state index contributed by atoms with van der Waals surface area (Å²) in [6.45, 7) is 6.33. The van der Waals surface area contributed by atoms with Crippen LogP contribution in [-0.4, -0.2) is 4.98 Å². The number of rotatable bonds is 3. The van der Waals surface area contributed by atoms with Crippen LogP contribution in [0.2, 0.25) is 0 Å². The molecular weight excluding hydrogens is 264 g/mol. The van der Waals surface area contributed by atoms with Crippen LogP contribution in [0.1, 0.15) is 29.7 Å². The summed E-state index contributed by atoms with van der Waals surface area (Å²) in [5, 5.41) is 3.45. The zero-order valence-electron chi connectivity index (χ0n) is 12.4. The summed E-state index contributed by atoms with van der Waals surface area (Å²) in [6, 6.07) is 12.3. The predicted molar refractivity (Wildman–Crippen MR) is 84.8 cm³/mol. The molecule has 0 spiro atoms. The molecule has 21 heavy (non-hydrogen) atoms. The van der Waals surface area contributed by atoms with Crippen molar-refractivity contribution in [1.29, 1.82) is 0 Å². The van der Waals surface area contributed by atoms with E-state index in [1.54, 1.807) is 6.07 Å². The van der Waals surface area contributed by atoms with Crippen LogP contribution in [0.3, 0.4) is 0 Å². The molecule has 0 fully saturated rings. The van der Waals surface area contributed by atoms with Gasteiger partial charge in [-0.15, -0.1) is 0 Å².